The van der Waals surface area contributed by atoms with Crippen molar-refractivity contribution in [2.45, 2.75) is 19.9 Å². The Morgan fingerprint density at radius 2 is 1.67 bits per heavy atom. The molecular formula is C23H26N4. The number of benzene rings is 2. The number of nitrogens with zero attached hydrogens (tertiary/aromatic N) is 3. The van der Waals surface area contributed by atoms with Gasteiger partial charge in [-0.2, -0.15) is 5.10 Å². The highest BCUT2D eigenvalue weighted by molar-refractivity contribution is 5.80. The van der Waals surface area contributed by atoms with Gasteiger partial charge in [0.1, 0.15) is 0 Å². The maximum absolute atomic E-state index is 4.63. The smallest absolute Gasteiger partial charge is 0.0962 e. The van der Waals surface area contributed by atoms with Gasteiger partial charge in [0.15, 0.2) is 0 Å². The van der Waals surface area contributed by atoms with Crippen LogP contribution in [0.25, 0.3) is 22.5 Å². The first-order valence-electron chi connectivity index (χ1n) is 10.0. The normalized spacial score (nSPS) is 17.1. The van der Waals surface area contributed by atoms with Crippen molar-refractivity contribution in [2.24, 2.45) is 0 Å². The third-order valence-corrected chi connectivity index (χ3v) is 6.07. The molecule has 5 rings (SSSR count). The summed E-state index contributed by atoms with van der Waals surface area (Å²) in [6.45, 7) is 9.17. The van der Waals surface area contributed by atoms with Crippen LogP contribution in [0.4, 0.5) is 0 Å². The lowest BCUT2D eigenvalue weighted by molar-refractivity contribution is 0.132. The van der Waals surface area contributed by atoms with Crippen molar-refractivity contribution < 1.29 is 0 Å². The maximum Gasteiger partial charge on any atom is 0.0962 e. The van der Waals surface area contributed by atoms with Gasteiger partial charge < -0.3 is 4.90 Å². The molecule has 1 N–H and O–H groups in total. The molecule has 1 fully saturated rings. The van der Waals surface area contributed by atoms with Gasteiger partial charge in [-0.05, 0) is 17.7 Å². The van der Waals surface area contributed by atoms with Gasteiger partial charge in [0.2, 0.25) is 0 Å². The van der Waals surface area contributed by atoms with E-state index in [0.717, 1.165) is 18.7 Å². The molecule has 1 aliphatic heterocycles. The largest absolute Gasteiger partial charge is 0.301 e. The van der Waals surface area contributed by atoms with Crippen LogP contribution in [0.3, 0.4) is 0 Å². The van der Waals surface area contributed by atoms with E-state index in [-0.39, 0.29) is 0 Å². The van der Waals surface area contributed by atoms with Crippen LogP contribution in [0.15, 0.2) is 48.5 Å². The number of H-pyrrole nitrogens is 1. The molecule has 0 amide bonds. The predicted molar refractivity (Wildman–Crippen MR) is 110 cm³/mol. The van der Waals surface area contributed by atoms with Crippen LogP contribution >= 0.6 is 0 Å². The number of hydrogen-bond donors (Lipinski definition) is 1. The Bertz CT molecular complexity index is 933. The summed E-state index contributed by atoms with van der Waals surface area (Å²) in [6.07, 6.45) is 0.973. The van der Waals surface area contributed by atoms with E-state index in [1.807, 2.05) is 0 Å². The zero-order valence-corrected chi connectivity index (χ0v) is 15.9. The second kappa shape index (κ2) is 6.95. The van der Waals surface area contributed by atoms with Gasteiger partial charge in [0, 0.05) is 55.8 Å². The first-order chi connectivity index (χ1) is 13.3. The highest BCUT2D eigenvalue weighted by Crippen LogP contribution is 2.39. The number of rotatable bonds is 4. The van der Waals surface area contributed by atoms with Crippen LogP contribution in [0.5, 0.6) is 0 Å². The van der Waals surface area contributed by atoms with Crippen molar-refractivity contribution in [1.82, 2.24) is 20.0 Å². The standard InChI is InChI=1S/C23H26N4/c1-2-26-11-13-27(14-12-26)16-17-7-9-18(10-8-17)22-21-15-19-5-3-4-6-20(19)23(21)25-24-22/h3-10H,2,11-16H2,1H3,(H,24,25). The van der Waals surface area contributed by atoms with Gasteiger partial charge in [-0.1, -0.05) is 55.5 Å². The molecule has 0 atom stereocenters. The first kappa shape index (κ1) is 16.7. The average Bonchev–Trinajstić information content (AvgIpc) is 3.29. The molecule has 1 saturated heterocycles. The average molecular weight is 358 g/mol. The summed E-state index contributed by atoms with van der Waals surface area (Å²) >= 11 is 0. The molecule has 2 heterocycles. The number of hydrogen-bond acceptors (Lipinski definition) is 3. The number of aromatic amines is 1. The highest BCUT2D eigenvalue weighted by atomic mass is 15.3. The van der Waals surface area contributed by atoms with E-state index in [4.69, 9.17) is 0 Å². The van der Waals surface area contributed by atoms with Gasteiger partial charge in [-0.3, -0.25) is 10.00 Å². The zero-order chi connectivity index (χ0) is 18.2. The van der Waals surface area contributed by atoms with Gasteiger partial charge in [-0.15, -0.1) is 0 Å². The van der Waals surface area contributed by atoms with Gasteiger partial charge in [0.05, 0.1) is 11.4 Å². The van der Waals surface area contributed by atoms with Gasteiger partial charge in [0.25, 0.3) is 0 Å². The molecule has 4 heteroatoms. The Kier molecular flexibility index (Phi) is 4.30. The lowest BCUT2D eigenvalue weighted by atomic mass is 10.0. The Labute approximate surface area is 160 Å². The number of aromatic nitrogens is 2. The molecule has 1 aromatic heterocycles. The molecule has 0 spiro atoms. The van der Waals surface area contributed by atoms with Crippen molar-refractivity contribution in [2.75, 3.05) is 32.7 Å². The van der Waals surface area contributed by atoms with Crippen LogP contribution in [0, 0.1) is 0 Å². The van der Waals surface area contributed by atoms with Crippen molar-refractivity contribution in [3.8, 4) is 22.5 Å². The number of fused-ring (bicyclic) bond motifs is 3. The molecule has 0 saturated carbocycles. The van der Waals surface area contributed by atoms with Crippen molar-refractivity contribution in [1.29, 1.82) is 0 Å². The Morgan fingerprint density at radius 3 is 2.44 bits per heavy atom. The molecule has 3 aromatic rings. The lowest BCUT2D eigenvalue weighted by Gasteiger charge is -2.34. The molecule has 138 valence electrons. The second-order valence-electron chi connectivity index (χ2n) is 7.67. The van der Waals surface area contributed by atoms with Gasteiger partial charge >= 0.3 is 0 Å². The summed E-state index contributed by atoms with van der Waals surface area (Å²) in [5.74, 6) is 0. The minimum atomic E-state index is 0.973. The van der Waals surface area contributed by atoms with Crippen LogP contribution in [0.2, 0.25) is 0 Å². The fourth-order valence-corrected chi connectivity index (χ4v) is 4.40. The zero-order valence-electron chi connectivity index (χ0n) is 15.9. The monoisotopic (exact) mass is 358 g/mol. The summed E-state index contributed by atoms with van der Waals surface area (Å²) in [6, 6.07) is 17.6. The minimum absolute atomic E-state index is 0.973. The SMILES string of the molecule is CCN1CCN(Cc2ccc(-c3n[nH]c4c3Cc3ccccc3-4)cc2)CC1. The third kappa shape index (κ3) is 3.09. The van der Waals surface area contributed by atoms with Gasteiger partial charge in [-0.25, -0.2) is 0 Å². The topological polar surface area (TPSA) is 35.2 Å². The van der Waals surface area contributed by atoms with Crippen LogP contribution in [0.1, 0.15) is 23.6 Å². The van der Waals surface area contributed by atoms with E-state index in [1.54, 1.807) is 0 Å². The van der Waals surface area contributed by atoms with Crippen molar-refractivity contribution >= 4 is 0 Å². The number of likely N-dealkylation sites (N-methyl/N-ethyl adjacent to an activating group) is 1. The van der Waals surface area contributed by atoms with Crippen molar-refractivity contribution in [3.05, 3.63) is 65.2 Å². The molecule has 2 aromatic carbocycles. The van der Waals surface area contributed by atoms with E-state index in [1.165, 1.54) is 66.2 Å². The highest BCUT2D eigenvalue weighted by Gasteiger charge is 2.24. The minimum Gasteiger partial charge on any atom is -0.301 e. The van der Waals surface area contributed by atoms with Crippen LogP contribution in [-0.4, -0.2) is 52.7 Å². The Hall–Kier alpha value is -2.43. The molecule has 0 unspecified atom stereocenters. The summed E-state index contributed by atoms with van der Waals surface area (Å²) in [5, 5.41) is 7.90. The Balaban J connectivity index is 1.31. The third-order valence-electron chi connectivity index (χ3n) is 6.07. The van der Waals surface area contributed by atoms with E-state index in [0.29, 0.717) is 0 Å². The summed E-state index contributed by atoms with van der Waals surface area (Å²) in [7, 11) is 0. The Morgan fingerprint density at radius 1 is 0.926 bits per heavy atom. The van der Waals surface area contributed by atoms with E-state index in [9.17, 15) is 0 Å². The second-order valence-corrected chi connectivity index (χ2v) is 7.67. The maximum atomic E-state index is 4.63. The van der Waals surface area contributed by atoms with Crippen LogP contribution in [-0.2, 0) is 13.0 Å². The van der Waals surface area contributed by atoms with E-state index >= 15 is 0 Å². The number of piperazine rings is 1. The van der Waals surface area contributed by atoms with E-state index in [2.05, 4.69) is 75.5 Å². The molecule has 2 aliphatic rings. The van der Waals surface area contributed by atoms with E-state index < -0.39 is 0 Å². The first-order valence-corrected chi connectivity index (χ1v) is 10.0. The molecule has 4 nitrogen and oxygen atoms in total. The molecule has 1 aliphatic carbocycles. The van der Waals surface area contributed by atoms with Crippen molar-refractivity contribution in [3.63, 3.8) is 0 Å². The molecular weight excluding hydrogens is 332 g/mol. The van der Waals surface area contributed by atoms with Crippen LogP contribution < -0.4 is 0 Å². The molecule has 27 heavy (non-hydrogen) atoms. The summed E-state index contributed by atoms with van der Waals surface area (Å²) < 4.78 is 0. The molecule has 0 bridgehead atoms. The number of nitrogens with one attached hydrogen (secondary N) is 1. The summed E-state index contributed by atoms with van der Waals surface area (Å²) in [5.41, 5.74) is 8.92. The predicted octanol–water partition coefficient (Wildman–Crippen LogP) is 3.79. The summed E-state index contributed by atoms with van der Waals surface area (Å²) in [4.78, 5) is 5.08. The fourth-order valence-electron chi connectivity index (χ4n) is 4.40. The molecule has 0 radical (unpaired) electrons. The lowest BCUT2D eigenvalue weighted by Crippen LogP contribution is -2.45. The fraction of sp³-hybridized carbons (Fsp3) is 0.348. The quantitative estimate of drug-likeness (QED) is 0.603.